The summed E-state index contributed by atoms with van der Waals surface area (Å²) in [4.78, 5) is 30.4. The number of alkyl halides is 3. The van der Waals surface area contributed by atoms with Gasteiger partial charge in [0.05, 0.1) is 18.1 Å². The molecule has 2 aliphatic rings. The molecular formula is C20H25F3N8O. The number of nitrogens with zero attached hydrogens (tertiary/aromatic N) is 5. The van der Waals surface area contributed by atoms with Crippen molar-refractivity contribution in [2.75, 3.05) is 34.4 Å². The Bertz CT molecular complexity index is 992. The SMILES string of the molecule is CC[C@H]1C(=O)Nc2c(C)nc(NC3CC(CNc4cnc(C(F)(F)F)cn4)C3)nc2N1C. The molecule has 1 aliphatic heterocycles. The number of aromatic nitrogens is 4. The zero-order valence-electron chi connectivity index (χ0n) is 18.0. The first-order valence-electron chi connectivity index (χ1n) is 10.5. The zero-order chi connectivity index (χ0) is 23.0. The molecule has 0 aromatic carbocycles. The summed E-state index contributed by atoms with van der Waals surface area (Å²) in [5, 5.41) is 9.28. The van der Waals surface area contributed by atoms with Crippen LogP contribution in [0.1, 0.15) is 37.6 Å². The number of hydrogen-bond acceptors (Lipinski definition) is 8. The van der Waals surface area contributed by atoms with Gasteiger partial charge in [0, 0.05) is 19.6 Å². The van der Waals surface area contributed by atoms with Gasteiger partial charge in [-0.3, -0.25) is 4.79 Å². The van der Waals surface area contributed by atoms with Crippen LogP contribution in [-0.4, -0.2) is 51.5 Å². The number of amides is 1. The number of carbonyl (C=O) groups is 1. The van der Waals surface area contributed by atoms with Crippen molar-refractivity contribution in [2.45, 2.75) is 51.4 Å². The molecule has 1 aliphatic carbocycles. The van der Waals surface area contributed by atoms with Crippen molar-refractivity contribution in [3.63, 3.8) is 0 Å². The molecule has 32 heavy (non-hydrogen) atoms. The molecule has 1 saturated carbocycles. The quantitative estimate of drug-likeness (QED) is 0.616. The van der Waals surface area contributed by atoms with Crippen LogP contribution in [0.2, 0.25) is 0 Å². The zero-order valence-corrected chi connectivity index (χ0v) is 18.0. The molecule has 0 saturated heterocycles. The lowest BCUT2D eigenvalue weighted by Crippen LogP contribution is -2.46. The highest BCUT2D eigenvalue weighted by molar-refractivity contribution is 6.03. The van der Waals surface area contributed by atoms with Crippen LogP contribution in [0.25, 0.3) is 0 Å². The fourth-order valence-corrected chi connectivity index (χ4v) is 4.03. The molecule has 2 aromatic rings. The van der Waals surface area contributed by atoms with Crippen molar-refractivity contribution in [2.24, 2.45) is 5.92 Å². The Balaban J connectivity index is 1.31. The van der Waals surface area contributed by atoms with Crippen molar-refractivity contribution in [3.05, 3.63) is 23.8 Å². The van der Waals surface area contributed by atoms with E-state index in [9.17, 15) is 18.0 Å². The summed E-state index contributed by atoms with van der Waals surface area (Å²) in [6.07, 6.45) is -0.261. The number of anilines is 4. The number of fused-ring (bicyclic) bond motifs is 1. The Morgan fingerprint density at radius 3 is 2.59 bits per heavy atom. The van der Waals surface area contributed by atoms with Crippen LogP contribution in [0.3, 0.4) is 0 Å². The number of hydrogen-bond donors (Lipinski definition) is 3. The number of nitrogens with one attached hydrogen (secondary N) is 3. The molecule has 12 heteroatoms. The molecule has 4 rings (SSSR count). The molecule has 3 N–H and O–H groups in total. The lowest BCUT2D eigenvalue weighted by atomic mass is 9.80. The van der Waals surface area contributed by atoms with Crippen molar-refractivity contribution >= 4 is 29.2 Å². The van der Waals surface area contributed by atoms with Gasteiger partial charge in [0.15, 0.2) is 11.5 Å². The number of halogens is 3. The van der Waals surface area contributed by atoms with Crippen molar-refractivity contribution in [3.8, 4) is 0 Å². The highest BCUT2D eigenvalue weighted by Gasteiger charge is 2.34. The van der Waals surface area contributed by atoms with Crippen LogP contribution < -0.4 is 20.9 Å². The predicted octanol–water partition coefficient (Wildman–Crippen LogP) is 3.06. The number of aryl methyl sites for hydroxylation is 1. The predicted molar refractivity (Wildman–Crippen MR) is 114 cm³/mol. The van der Waals surface area contributed by atoms with Gasteiger partial charge in [-0.15, -0.1) is 0 Å². The van der Waals surface area contributed by atoms with E-state index >= 15 is 0 Å². The van der Waals surface area contributed by atoms with E-state index in [1.807, 2.05) is 25.8 Å². The molecule has 1 atom stereocenters. The van der Waals surface area contributed by atoms with Crippen LogP contribution in [0, 0.1) is 12.8 Å². The molecule has 0 radical (unpaired) electrons. The van der Waals surface area contributed by atoms with E-state index in [-0.39, 0.29) is 18.0 Å². The Morgan fingerprint density at radius 2 is 1.97 bits per heavy atom. The molecule has 2 aromatic heterocycles. The van der Waals surface area contributed by atoms with Crippen LogP contribution in [0.5, 0.6) is 0 Å². The van der Waals surface area contributed by atoms with Gasteiger partial charge >= 0.3 is 6.18 Å². The summed E-state index contributed by atoms with van der Waals surface area (Å²) in [5.41, 5.74) is 0.332. The fraction of sp³-hybridized carbons (Fsp3) is 0.550. The van der Waals surface area contributed by atoms with Crippen LogP contribution in [0.15, 0.2) is 12.4 Å². The van der Waals surface area contributed by atoms with Gasteiger partial charge < -0.3 is 20.9 Å². The summed E-state index contributed by atoms with van der Waals surface area (Å²) in [7, 11) is 1.86. The van der Waals surface area contributed by atoms with Crippen LogP contribution in [0.4, 0.5) is 36.4 Å². The van der Waals surface area contributed by atoms with Crippen LogP contribution in [-0.2, 0) is 11.0 Å². The molecular weight excluding hydrogens is 425 g/mol. The molecule has 3 heterocycles. The second-order valence-corrected chi connectivity index (χ2v) is 8.20. The maximum atomic E-state index is 12.6. The van der Waals surface area contributed by atoms with E-state index in [0.29, 0.717) is 47.8 Å². The smallest absolute Gasteiger partial charge is 0.369 e. The van der Waals surface area contributed by atoms with Gasteiger partial charge in [-0.1, -0.05) is 6.92 Å². The molecule has 9 nitrogen and oxygen atoms in total. The van der Waals surface area contributed by atoms with Crippen molar-refractivity contribution in [1.82, 2.24) is 19.9 Å². The second kappa shape index (κ2) is 8.40. The molecule has 1 fully saturated rings. The summed E-state index contributed by atoms with van der Waals surface area (Å²) in [6, 6.07) is -0.0690. The average Bonchev–Trinajstić information content (AvgIpc) is 2.70. The summed E-state index contributed by atoms with van der Waals surface area (Å²) < 4.78 is 37.7. The van der Waals surface area contributed by atoms with Crippen molar-refractivity contribution in [1.29, 1.82) is 0 Å². The summed E-state index contributed by atoms with van der Waals surface area (Å²) in [5.74, 6) is 1.83. The Kier molecular flexibility index (Phi) is 5.78. The maximum Gasteiger partial charge on any atom is 0.434 e. The van der Waals surface area contributed by atoms with E-state index in [1.165, 1.54) is 0 Å². The normalized spacial score (nSPS) is 22.6. The minimum atomic E-state index is -4.49. The summed E-state index contributed by atoms with van der Waals surface area (Å²) in [6.45, 7) is 4.39. The third-order valence-corrected chi connectivity index (χ3v) is 5.89. The Hall–Kier alpha value is -3.18. The summed E-state index contributed by atoms with van der Waals surface area (Å²) >= 11 is 0. The average molecular weight is 450 g/mol. The Labute approximate surface area is 183 Å². The highest BCUT2D eigenvalue weighted by Crippen LogP contribution is 2.35. The van der Waals surface area contributed by atoms with E-state index in [1.54, 1.807) is 0 Å². The fourth-order valence-electron chi connectivity index (χ4n) is 4.03. The van der Waals surface area contributed by atoms with Crippen molar-refractivity contribution < 1.29 is 18.0 Å². The molecule has 0 bridgehead atoms. The standard InChI is InChI=1S/C20H25F3N8O/c1-4-13-18(32)29-16-10(2)27-19(30-17(16)31(13)3)28-12-5-11(6-12)7-25-15-9-24-14(8-26-15)20(21,22)23/h8-9,11-13H,4-7H2,1-3H3,(H,25,26)(H,29,32)(H,27,28,30)/t11?,12?,13-/m0/s1. The third-order valence-electron chi connectivity index (χ3n) is 5.89. The lowest BCUT2D eigenvalue weighted by Gasteiger charge is -2.37. The molecule has 172 valence electrons. The first-order chi connectivity index (χ1) is 15.2. The van der Waals surface area contributed by atoms with Gasteiger partial charge in [-0.05, 0) is 32.1 Å². The van der Waals surface area contributed by atoms with Crippen LogP contribution >= 0.6 is 0 Å². The van der Waals surface area contributed by atoms with Gasteiger partial charge in [0.25, 0.3) is 0 Å². The van der Waals surface area contributed by atoms with E-state index in [4.69, 9.17) is 0 Å². The molecule has 0 spiro atoms. The van der Waals surface area contributed by atoms with Gasteiger partial charge in [-0.2, -0.15) is 18.2 Å². The van der Waals surface area contributed by atoms with E-state index < -0.39 is 11.9 Å². The van der Waals surface area contributed by atoms with E-state index in [2.05, 4.69) is 35.9 Å². The first-order valence-corrected chi connectivity index (χ1v) is 10.5. The van der Waals surface area contributed by atoms with E-state index in [0.717, 1.165) is 25.2 Å². The monoisotopic (exact) mass is 450 g/mol. The molecule has 1 amide bonds. The second-order valence-electron chi connectivity index (χ2n) is 8.20. The molecule has 0 unspecified atom stereocenters. The number of carbonyl (C=O) groups excluding carboxylic acids is 1. The maximum absolute atomic E-state index is 12.6. The minimum absolute atomic E-state index is 0.0537. The van der Waals surface area contributed by atoms with Gasteiger partial charge in [0.2, 0.25) is 11.9 Å². The number of likely N-dealkylation sites (N-methyl/N-ethyl adjacent to an activating group) is 1. The highest BCUT2D eigenvalue weighted by atomic mass is 19.4. The topological polar surface area (TPSA) is 108 Å². The first kappa shape index (κ1) is 22.0. The lowest BCUT2D eigenvalue weighted by molar-refractivity contribution is -0.141. The largest absolute Gasteiger partial charge is 0.434 e. The van der Waals surface area contributed by atoms with Gasteiger partial charge in [-0.25, -0.2) is 15.0 Å². The third kappa shape index (κ3) is 4.39. The Morgan fingerprint density at radius 1 is 1.22 bits per heavy atom. The minimum Gasteiger partial charge on any atom is -0.369 e. The number of rotatable bonds is 6. The van der Waals surface area contributed by atoms with Gasteiger partial charge in [0.1, 0.15) is 17.5 Å².